The highest BCUT2D eigenvalue weighted by molar-refractivity contribution is 5.91. The van der Waals surface area contributed by atoms with E-state index in [1.54, 1.807) is 12.3 Å². The highest BCUT2D eigenvalue weighted by atomic mass is 16.5. The van der Waals surface area contributed by atoms with Gasteiger partial charge in [-0.2, -0.15) is 0 Å². The summed E-state index contributed by atoms with van der Waals surface area (Å²) in [5.74, 6) is 2.62. The van der Waals surface area contributed by atoms with Crippen molar-refractivity contribution in [1.82, 2.24) is 4.98 Å². The first-order chi connectivity index (χ1) is 13.2. The molecule has 0 bridgehead atoms. The molecule has 5 heteroatoms. The van der Waals surface area contributed by atoms with Crippen LogP contribution in [0.25, 0.3) is 28.3 Å². The molecule has 5 nitrogen and oxygen atoms in total. The van der Waals surface area contributed by atoms with E-state index < -0.39 is 0 Å². The van der Waals surface area contributed by atoms with Gasteiger partial charge in [0.1, 0.15) is 35.9 Å². The second kappa shape index (κ2) is 7.33. The normalized spacial score (nSPS) is 11.3. The van der Waals surface area contributed by atoms with Crippen LogP contribution in [0.15, 0.2) is 69.7 Å². The number of hydrogen-bond donors (Lipinski definition) is 0. The van der Waals surface area contributed by atoms with E-state index in [2.05, 4.69) is 4.98 Å². The fourth-order valence-electron chi connectivity index (χ4n) is 2.81. The van der Waals surface area contributed by atoms with Crippen molar-refractivity contribution in [3.8, 4) is 17.2 Å². The summed E-state index contributed by atoms with van der Waals surface area (Å²) < 4.78 is 17.1. The van der Waals surface area contributed by atoms with Gasteiger partial charge in [0.15, 0.2) is 0 Å². The number of nitrogens with zero attached hydrogens (tertiary/aromatic N) is 1. The van der Waals surface area contributed by atoms with Crippen LogP contribution in [-0.4, -0.2) is 11.3 Å². The minimum absolute atomic E-state index is 0.297. The molecule has 0 aliphatic carbocycles. The van der Waals surface area contributed by atoms with Crippen LogP contribution in [0.3, 0.4) is 0 Å². The fraction of sp³-hybridized carbons (Fsp3) is 0.0909. The third kappa shape index (κ3) is 3.53. The minimum atomic E-state index is 0.297. The summed E-state index contributed by atoms with van der Waals surface area (Å²) in [4.78, 5) is 15.1. The van der Waals surface area contributed by atoms with Crippen molar-refractivity contribution >= 4 is 23.1 Å². The Hall–Kier alpha value is -3.60. The molecule has 2 aromatic heterocycles. The molecule has 0 fully saturated rings. The average Bonchev–Trinajstić information content (AvgIpc) is 3.28. The number of aryl methyl sites for hydroxylation is 1. The number of carbonyl (C=O) groups is 1. The van der Waals surface area contributed by atoms with Gasteiger partial charge < -0.3 is 13.6 Å². The molecule has 0 saturated heterocycles. The third-order valence-electron chi connectivity index (χ3n) is 4.22. The van der Waals surface area contributed by atoms with Crippen LogP contribution in [0.4, 0.5) is 0 Å². The lowest BCUT2D eigenvalue weighted by atomic mass is 10.1. The Balaban J connectivity index is 1.54. The van der Waals surface area contributed by atoms with Crippen LogP contribution >= 0.6 is 0 Å². The van der Waals surface area contributed by atoms with Crippen LogP contribution in [0, 0.1) is 6.92 Å². The SMILES string of the molecule is Cc1oc(-c2ccccc2)nc1COc1ccc2coc(C=CC=O)c2c1. The van der Waals surface area contributed by atoms with Gasteiger partial charge in [-0.25, -0.2) is 4.98 Å². The van der Waals surface area contributed by atoms with Gasteiger partial charge in [0.2, 0.25) is 5.89 Å². The Bertz CT molecular complexity index is 1110. The van der Waals surface area contributed by atoms with E-state index in [4.69, 9.17) is 13.6 Å². The van der Waals surface area contributed by atoms with Gasteiger partial charge in [0.25, 0.3) is 0 Å². The molecule has 0 amide bonds. The van der Waals surface area contributed by atoms with E-state index in [9.17, 15) is 4.79 Å². The Kier molecular flexibility index (Phi) is 4.58. The zero-order chi connectivity index (χ0) is 18.6. The molecule has 0 spiro atoms. The standard InChI is InChI=1S/C22H17NO4/c1-15-20(23-22(27-15)16-6-3-2-4-7-16)14-25-18-10-9-17-13-26-21(8-5-11-24)19(17)12-18/h2-13H,14H2,1H3. The summed E-state index contributed by atoms with van der Waals surface area (Å²) >= 11 is 0. The quantitative estimate of drug-likeness (QED) is 0.350. The van der Waals surface area contributed by atoms with Crippen molar-refractivity contribution in [1.29, 1.82) is 0 Å². The molecule has 134 valence electrons. The zero-order valence-electron chi connectivity index (χ0n) is 14.7. The Morgan fingerprint density at radius 2 is 2.00 bits per heavy atom. The second-order valence-electron chi connectivity index (χ2n) is 6.02. The van der Waals surface area contributed by atoms with Gasteiger partial charge in [0.05, 0.1) is 6.26 Å². The number of furan rings is 1. The first-order valence-corrected chi connectivity index (χ1v) is 8.52. The summed E-state index contributed by atoms with van der Waals surface area (Å²) in [5.41, 5.74) is 1.68. The monoisotopic (exact) mass is 359 g/mol. The van der Waals surface area contributed by atoms with E-state index in [1.807, 2.05) is 55.5 Å². The fourth-order valence-corrected chi connectivity index (χ4v) is 2.81. The number of hydrogen-bond acceptors (Lipinski definition) is 5. The first-order valence-electron chi connectivity index (χ1n) is 8.52. The number of fused-ring (bicyclic) bond motifs is 1. The van der Waals surface area contributed by atoms with Crippen molar-refractivity contribution < 1.29 is 18.4 Å². The molecule has 2 aromatic carbocycles. The molecule has 0 saturated carbocycles. The van der Waals surface area contributed by atoms with Crippen LogP contribution in [0.1, 0.15) is 17.2 Å². The summed E-state index contributed by atoms with van der Waals surface area (Å²) in [7, 11) is 0. The van der Waals surface area contributed by atoms with E-state index in [-0.39, 0.29) is 0 Å². The van der Waals surface area contributed by atoms with Gasteiger partial charge in [-0.1, -0.05) is 18.2 Å². The lowest BCUT2D eigenvalue weighted by Gasteiger charge is -2.04. The molecule has 2 heterocycles. The molecule has 4 aromatic rings. The van der Waals surface area contributed by atoms with Crippen molar-refractivity contribution in [2.24, 2.45) is 0 Å². The average molecular weight is 359 g/mol. The van der Waals surface area contributed by atoms with Crippen molar-refractivity contribution in [3.63, 3.8) is 0 Å². The number of allylic oxidation sites excluding steroid dienone is 1. The molecule has 0 radical (unpaired) electrons. The number of rotatable bonds is 6. The Morgan fingerprint density at radius 3 is 2.81 bits per heavy atom. The van der Waals surface area contributed by atoms with E-state index >= 15 is 0 Å². The van der Waals surface area contributed by atoms with Crippen LogP contribution in [0.5, 0.6) is 5.75 Å². The number of benzene rings is 2. The smallest absolute Gasteiger partial charge is 0.226 e. The van der Waals surface area contributed by atoms with Crippen LogP contribution in [-0.2, 0) is 11.4 Å². The Labute approximate surface area is 155 Å². The van der Waals surface area contributed by atoms with Gasteiger partial charge >= 0.3 is 0 Å². The maximum atomic E-state index is 10.5. The first kappa shape index (κ1) is 16.8. The summed E-state index contributed by atoms with van der Waals surface area (Å²) in [6.07, 6.45) is 5.40. The molecule has 0 atom stereocenters. The van der Waals surface area contributed by atoms with Gasteiger partial charge in [-0.3, -0.25) is 4.79 Å². The lowest BCUT2D eigenvalue weighted by Crippen LogP contribution is -1.97. The Morgan fingerprint density at radius 1 is 1.15 bits per heavy atom. The van der Waals surface area contributed by atoms with E-state index in [0.29, 0.717) is 30.3 Å². The van der Waals surface area contributed by atoms with Gasteiger partial charge in [-0.05, 0) is 49.4 Å². The molecular formula is C22H17NO4. The summed E-state index contributed by atoms with van der Waals surface area (Å²) in [6, 6.07) is 15.4. The molecule has 4 rings (SSSR count). The van der Waals surface area contributed by atoms with Gasteiger partial charge in [-0.15, -0.1) is 0 Å². The number of aldehydes is 1. The molecule has 0 unspecified atom stereocenters. The highest BCUT2D eigenvalue weighted by Crippen LogP contribution is 2.28. The van der Waals surface area contributed by atoms with Crippen molar-refractivity contribution in [2.75, 3.05) is 0 Å². The van der Waals surface area contributed by atoms with E-state index in [0.717, 1.165) is 27.8 Å². The number of oxazole rings is 1. The number of ether oxygens (including phenoxy) is 1. The topological polar surface area (TPSA) is 65.5 Å². The van der Waals surface area contributed by atoms with Crippen LogP contribution < -0.4 is 4.74 Å². The summed E-state index contributed by atoms with van der Waals surface area (Å²) in [6.45, 7) is 2.17. The highest BCUT2D eigenvalue weighted by Gasteiger charge is 2.12. The molecule has 27 heavy (non-hydrogen) atoms. The predicted octanol–water partition coefficient (Wildman–Crippen LogP) is 5.19. The maximum Gasteiger partial charge on any atom is 0.226 e. The predicted molar refractivity (Wildman–Crippen MR) is 102 cm³/mol. The molecule has 0 aliphatic heterocycles. The van der Waals surface area contributed by atoms with Gasteiger partial charge in [0, 0.05) is 16.3 Å². The van der Waals surface area contributed by atoms with Crippen LogP contribution in [0.2, 0.25) is 0 Å². The minimum Gasteiger partial charge on any atom is -0.487 e. The third-order valence-corrected chi connectivity index (χ3v) is 4.22. The number of aromatic nitrogens is 1. The van der Waals surface area contributed by atoms with Crippen molar-refractivity contribution in [2.45, 2.75) is 13.5 Å². The maximum absolute atomic E-state index is 10.5. The molecule has 0 N–H and O–H groups in total. The largest absolute Gasteiger partial charge is 0.487 e. The second-order valence-corrected chi connectivity index (χ2v) is 6.02. The van der Waals surface area contributed by atoms with Crippen molar-refractivity contribution in [3.05, 3.63) is 78.1 Å². The zero-order valence-corrected chi connectivity index (χ0v) is 14.7. The lowest BCUT2D eigenvalue weighted by molar-refractivity contribution is -0.104. The molecular weight excluding hydrogens is 342 g/mol. The molecule has 0 aliphatic rings. The van der Waals surface area contributed by atoms with E-state index in [1.165, 1.54) is 6.08 Å². The summed E-state index contributed by atoms with van der Waals surface area (Å²) in [5, 5.41) is 1.82. The number of carbonyl (C=O) groups excluding carboxylic acids is 1.